The first-order valence-corrected chi connectivity index (χ1v) is 10.7. The highest BCUT2D eigenvalue weighted by atomic mass is 16.5. The van der Waals surface area contributed by atoms with Crippen molar-refractivity contribution >= 4 is 17.5 Å². The SMILES string of the molecule is CCOc1ccccc1NC(=O)N1CCN(c2cc(-c3ccc(OC)cc3)ncn2)CC1. The lowest BCUT2D eigenvalue weighted by Crippen LogP contribution is -2.50. The second-order valence-electron chi connectivity index (χ2n) is 7.32. The summed E-state index contributed by atoms with van der Waals surface area (Å²) in [7, 11) is 1.65. The Hall–Kier alpha value is -3.81. The zero-order chi connectivity index (χ0) is 22.3. The monoisotopic (exact) mass is 433 g/mol. The quantitative estimate of drug-likeness (QED) is 0.635. The molecule has 2 heterocycles. The normalized spacial score (nSPS) is 13.6. The van der Waals surface area contributed by atoms with Gasteiger partial charge in [0.2, 0.25) is 0 Å². The summed E-state index contributed by atoms with van der Waals surface area (Å²) in [6.07, 6.45) is 1.58. The molecular weight excluding hydrogens is 406 g/mol. The van der Waals surface area contributed by atoms with Crippen molar-refractivity contribution in [2.75, 3.05) is 50.1 Å². The van der Waals surface area contributed by atoms with E-state index in [9.17, 15) is 4.79 Å². The predicted octanol–water partition coefficient (Wildman–Crippen LogP) is 3.91. The number of benzene rings is 2. The van der Waals surface area contributed by atoms with Crippen LogP contribution >= 0.6 is 0 Å². The van der Waals surface area contributed by atoms with Crippen molar-refractivity contribution in [2.45, 2.75) is 6.92 Å². The van der Waals surface area contributed by atoms with Crippen LogP contribution in [0.4, 0.5) is 16.3 Å². The Morgan fingerprint density at radius 1 is 1.03 bits per heavy atom. The van der Waals surface area contributed by atoms with Gasteiger partial charge in [0, 0.05) is 37.8 Å². The van der Waals surface area contributed by atoms with Crippen LogP contribution in [0, 0.1) is 0 Å². The molecule has 1 aliphatic rings. The number of amides is 2. The van der Waals surface area contributed by atoms with Gasteiger partial charge in [-0.2, -0.15) is 0 Å². The van der Waals surface area contributed by atoms with Crippen LogP contribution in [-0.4, -0.2) is 60.8 Å². The molecule has 4 rings (SSSR count). The van der Waals surface area contributed by atoms with Crippen LogP contribution in [0.3, 0.4) is 0 Å². The van der Waals surface area contributed by atoms with E-state index in [4.69, 9.17) is 9.47 Å². The molecular formula is C24H27N5O3. The number of carbonyl (C=O) groups is 1. The van der Waals surface area contributed by atoms with Crippen molar-refractivity contribution in [3.8, 4) is 22.8 Å². The minimum Gasteiger partial charge on any atom is -0.497 e. The van der Waals surface area contributed by atoms with Crippen molar-refractivity contribution < 1.29 is 14.3 Å². The van der Waals surface area contributed by atoms with Gasteiger partial charge in [-0.1, -0.05) is 12.1 Å². The number of urea groups is 1. The molecule has 0 spiro atoms. The van der Waals surface area contributed by atoms with Crippen molar-refractivity contribution in [1.29, 1.82) is 0 Å². The lowest BCUT2D eigenvalue weighted by molar-refractivity contribution is 0.208. The maximum atomic E-state index is 12.8. The molecule has 2 aromatic carbocycles. The van der Waals surface area contributed by atoms with Crippen LogP contribution in [-0.2, 0) is 0 Å². The van der Waals surface area contributed by atoms with Gasteiger partial charge in [0.25, 0.3) is 0 Å². The standard InChI is InChI=1S/C24H27N5O3/c1-3-32-22-7-5-4-6-20(22)27-24(30)29-14-12-28(13-15-29)23-16-21(25-17-26-23)18-8-10-19(31-2)11-9-18/h4-11,16-17H,3,12-15H2,1-2H3,(H,27,30). The minimum absolute atomic E-state index is 0.126. The Bertz CT molecular complexity index is 1050. The molecule has 0 bridgehead atoms. The molecule has 0 atom stereocenters. The summed E-state index contributed by atoms with van der Waals surface area (Å²) < 4.78 is 10.8. The molecule has 0 radical (unpaired) electrons. The van der Waals surface area contributed by atoms with Gasteiger partial charge in [0.15, 0.2) is 0 Å². The summed E-state index contributed by atoms with van der Waals surface area (Å²) in [5, 5.41) is 2.97. The summed E-state index contributed by atoms with van der Waals surface area (Å²) >= 11 is 0. The van der Waals surface area contributed by atoms with E-state index >= 15 is 0 Å². The number of para-hydroxylation sites is 2. The van der Waals surface area contributed by atoms with Crippen LogP contribution in [0.5, 0.6) is 11.5 Å². The van der Waals surface area contributed by atoms with E-state index in [2.05, 4.69) is 20.2 Å². The number of hydrogen-bond acceptors (Lipinski definition) is 6. The molecule has 8 heteroatoms. The molecule has 8 nitrogen and oxygen atoms in total. The molecule has 0 aliphatic carbocycles. The molecule has 1 N–H and O–H groups in total. The van der Waals surface area contributed by atoms with E-state index in [1.165, 1.54) is 0 Å². The third-order valence-electron chi connectivity index (χ3n) is 5.36. The van der Waals surface area contributed by atoms with Crippen LogP contribution in [0.15, 0.2) is 60.9 Å². The molecule has 0 unspecified atom stereocenters. The van der Waals surface area contributed by atoms with Crippen molar-refractivity contribution in [3.63, 3.8) is 0 Å². The number of ether oxygens (including phenoxy) is 2. The number of piperazine rings is 1. The van der Waals surface area contributed by atoms with Crippen LogP contribution in [0.1, 0.15) is 6.92 Å². The first-order chi connectivity index (χ1) is 15.7. The number of carbonyl (C=O) groups excluding carboxylic acids is 1. The molecule has 3 aromatic rings. The highest BCUT2D eigenvalue weighted by Crippen LogP contribution is 2.25. The minimum atomic E-state index is -0.126. The van der Waals surface area contributed by atoms with E-state index in [1.807, 2.05) is 66.4 Å². The maximum absolute atomic E-state index is 12.8. The Labute approximate surface area is 187 Å². The van der Waals surface area contributed by atoms with Gasteiger partial charge < -0.3 is 24.6 Å². The van der Waals surface area contributed by atoms with Crippen LogP contribution < -0.4 is 19.7 Å². The molecule has 0 saturated carbocycles. The largest absolute Gasteiger partial charge is 0.497 e. The van der Waals surface area contributed by atoms with Gasteiger partial charge in [0.05, 0.1) is 25.1 Å². The summed E-state index contributed by atoms with van der Waals surface area (Å²) in [5.74, 6) is 2.34. The molecule has 166 valence electrons. The number of anilines is 2. The second-order valence-corrected chi connectivity index (χ2v) is 7.32. The predicted molar refractivity (Wildman–Crippen MR) is 124 cm³/mol. The first kappa shape index (κ1) is 21.4. The van der Waals surface area contributed by atoms with Gasteiger partial charge >= 0.3 is 6.03 Å². The van der Waals surface area contributed by atoms with E-state index < -0.39 is 0 Å². The zero-order valence-corrected chi connectivity index (χ0v) is 18.3. The molecule has 1 aromatic heterocycles. The number of nitrogens with one attached hydrogen (secondary N) is 1. The van der Waals surface area contributed by atoms with Crippen molar-refractivity contribution in [1.82, 2.24) is 14.9 Å². The topological polar surface area (TPSA) is 79.8 Å². The maximum Gasteiger partial charge on any atom is 0.322 e. The van der Waals surface area contributed by atoms with Gasteiger partial charge in [-0.3, -0.25) is 0 Å². The number of hydrogen-bond donors (Lipinski definition) is 1. The van der Waals surface area contributed by atoms with Gasteiger partial charge in [0.1, 0.15) is 23.6 Å². The zero-order valence-electron chi connectivity index (χ0n) is 18.3. The summed E-state index contributed by atoms with van der Waals surface area (Å²) in [6, 6.07) is 17.1. The number of rotatable bonds is 6. The Morgan fingerprint density at radius 2 is 1.78 bits per heavy atom. The molecule has 1 saturated heterocycles. The molecule has 2 amide bonds. The fourth-order valence-electron chi connectivity index (χ4n) is 3.62. The first-order valence-electron chi connectivity index (χ1n) is 10.7. The average molecular weight is 434 g/mol. The number of nitrogens with zero attached hydrogens (tertiary/aromatic N) is 4. The van der Waals surface area contributed by atoms with Crippen molar-refractivity contribution in [3.05, 3.63) is 60.9 Å². The Morgan fingerprint density at radius 3 is 2.50 bits per heavy atom. The lowest BCUT2D eigenvalue weighted by Gasteiger charge is -2.35. The molecule has 1 aliphatic heterocycles. The van der Waals surface area contributed by atoms with E-state index in [0.29, 0.717) is 44.2 Å². The van der Waals surface area contributed by atoms with E-state index in [-0.39, 0.29) is 6.03 Å². The summed E-state index contributed by atoms with van der Waals surface area (Å²) in [4.78, 5) is 25.6. The number of aromatic nitrogens is 2. The fraction of sp³-hybridized carbons (Fsp3) is 0.292. The Kier molecular flexibility index (Phi) is 6.69. The van der Waals surface area contributed by atoms with Crippen LogP contribution in [0.2, 0.25) is 0 Å². The fourth-order valence-corrected chi connectivity index (χ4v) is 3.62. The average Bonchev–Trinajstić information content (AvgIpc) is 2.85. The van der Waals surface area contributed by atoms with E-state index in [1.54, 1.807) is 13.4 Å². The summed E-state index contributed by atoms with van der Waals surface area (Å²) in [5.41, 5.74) is 2.53. The number of methoxy groups -OCH3 is 1. The molecule has 1 fully saturated rings. The van der Waals surface area contributed by atoms with Gasteiger partial charge in [-0.25, -0.2) is 14.8 Å². The van der Waals surface area contributed by atoms with Gasteiger partial charge in [-0.05, 0) is 43.3 Å². The Balaban J connectivity index is 1.38. The van der Waals surface area contributed by atoms with Crippen molar-refractivity contribution in [2.24, 2.45) is 0 Å². The second kappa shape index (κ2) is 10.00. The lowest BCUT2D eigenvalue weighted by atomic mass is 10.1. The van der Waals surface area contributed by atoms with Gasteiger partial charge in [-0.15, -0.1) is 0 Å². The van der Waals surface area contributed by atoms with E-state index in [0.717, 1.165) is 22.8 Å². The highest BCUT2D eigenvalue weighted by Gasteiger charge is 2.23. The summed E-state index contributed by atoms with van der Waals surface area (Å²) in [6.45, 7) is 5.06. The third-order valence-corrected chi connectivity index (χ3v) is 5.36. The third kappa shape index (κ3) is 4.91. The smallest absolute Gasteiger partial charge is 0.322 e. The molecule has 32 heavy (non-hydrogen) atoms. The van der Waals surface area contributed by atoms with Crippen LogP contribution in [0.25, 0.3) is 11.3 Å². The highest BCUT2D eigenvalue weighted by molar-refractivity contribution is 5.91.